The summed E-state index contributed by atoms with van der Waals surface area (Å²) >= 11 is 0. The Morgan fingerprint density at radius 1 is 1.04 bits per heavy atom. The molecule has 9 nitrogen and oxygen atoms in total. The van der Waals surface area contributed by atoms with E-state index in [-0.39, 0.29) is 18.0 Å². The summed E-state index contributed by atoms with van der Waals surface area (Å²) in [6, 6.07) is 7.38. The molecule has 0 unspecified atom stereocenters. The summed E-state index contributed by atoms with van der Waals surface area (Å²) in [7, 11) is 0. The topological polar surface area (TPSA) is 113 Å². The molecular weight excluding hydrogens is 358 g/mol. The molecule has 1 aliphatic carbocycles. The van der Waals surface area contributed by atoms with Gasteiger partial charge in [-0.25, -0.2) is 9.48 Å². The summed E-state index contributed by atoms with van der Waals surface area (Å²) in [4.78, 5) is 24.4. The molecule has 0 atom stereocenters. The molecule has 1 aromatic heterocycles. The summed E-state index contributed by atoms with van der Waals surface area (Å²) in [5.41, 5.74) is 2.42. The summed E-state index contributed by atoms with van der Waals surface area (Å²) in [5, 5.41) is 20.1. The van der Waals surface area contributed by atoms with Gasteiger partial charge in [-0.1, -0.05) is 5.21 Å². The molecule has 1 aromatic carbocycles. The van der Waals surface area contributed by atoms with Crippen molar-refractivity contribution < 1.29 is 9.59 Å². The molecule has 2 heterocycles. The van der Waals surface area contributed by atoms with Crippen molar-refractivity contribution in [3.05, 3.63) is 35.7 Å². The number of aromatic nitrogens is 3. The van der Waals surface area contributed by atoms with Crippen molar-refractivity contribution in [3.8, 4) is 0 Å². The Labute approximate surface area is 163 Å². The van der Waals surface area contributed by atoms with Crippen LogP contribution in [0.4, 0.5) is 16.2 Å². The van der Waals surface area contributed by atoms with Crippen LogP contribution in [-0.4, -0.2) is 46.1 Å². The van der Waals surface area contributed by atoms with E-state index in [1.807, 2.05) is 11.6 Å². The number of nitrogens with one attached hydrogen (secondary N) is 4. The molecule has 4 N–H and O–H groups in total. The number of carbonyl (C=O) groups is 2. The van der Waals surface area contributed by atoms with Gasteiger partial charge in [0.2, 0.25) is 0 Å². The van der Waals surface area contributed by atoms with Crippen LogP contribution in [-0.2, 0) is 0 Å². The van der Waals surface area contributed by atoms with Gasteiger partial charge < -0.3 is 21.3 Å². The fourth-order valence-electron chi connectivity index (χ4n) is 3.36. The second-order valence-electron chi connectivity index (χ2n) is 7.35. The maximum atomic E-state index is 12.6. The zero-order valence-corrected chi connectivity index (χ0v) is 15.9. The second-order valence-corrected chi connectivity index (χ2v) is 7.35. The number of rotatable bonds is 5. The van der Waals surface area contributed by atoms with Gasteiger partial charge >= 0.3 is 6.03 Å². The minimum atomic E-state index is -0.287. The number of hydrogen-bond donors (Lipinski definition) is 4. The third-order valence-corrected chi connectivity index (χ3v) is 5.11. The van der Waals surface area contributed by atoms with Crippen LogP contribution in [0.1, 0.15) is 47.9 Å². The maximum Gasteiger partial charge on any atom is 0.319 e. The first-order valence-corrected chi connectivity index (χ1v) is 9.71. The fourth-order valence-corrected chi connectivity index (χ4v) is 3.36. The number of carbonyl (C=O) groups excluding carboxylic acids is 2. The molecule has 0 bridgehead atoms. The predicted octanol–water partition coefficient (Wildman–Crippen LogP) is 2.05. The average molecular weight is 383 g/mol. The van der Waals surface area contributed by atoms with E-state index >= 15 is 0 Å². The van der Waals surface area contributed by atoms with Crippen LogP contribution < -0.4 is 21.3 Å². The molecule has 1 aliphatic heterocycles. The van der Waals surface area contributed by atoms with Gasteiger partial charge in [-0.3, -0.25) is 4.79 Å². The molecule has 28 heavy (non-hydrogen) atoms. The summed E-state index contributed by atoms with van der Waals surface area (Å²) in [5.74, 6) is -0.287. The van der Waals surface area contributed by atoms with E-state index in [4.69, 9.17) is 0 Å². The Balaban J connectivity index is 1.36. The molecule has 2 aliphatic rings. The highest BCUT2D eigenvalue weighted by atomic mass is 16.2. The Kier molecular flexibility index (Phi) is 5.25. The van der Waals surface area contributed by atoms with E-state index < -0.39 is 0 Å². The average Bonchev–Trinajstić information content (AvgIpc) is 3.42. The minimum absolute atomic E-state index is 0.204. The van der Waals surface area contributed by atoms with E-state index in [1.165, 1.54) is 0 Å². The monoisotopic (exact) mass is 383 g/mol. The van der Waals surface area contributed by atoms with E-state index in [9.17, 15) is 9.59 Å². The zero-order chi connectivity index (χ0) is 19.5. The normalized spacial score (nSPS) is 17.2. The van der Waals surface area contributed by atoms with Crippen molar-refractivity contribution >= 4 is 23.3 Å². The first-order chi connectivity index (χ1) is 13.6. The number of benzene rings is 1. The van der Waals surface area contributed by atoms with Crippen LogP contribution in [0, 0.1) is 6.92 Å². The van der Waals surface area contributed by atoms with Crippen LogP contribution in [0.2, 0.25) is 0 Å². The fraction of sp³-hybridized carbons (Fsp3) is 0.474. The van der Waals surface area contributed by atoms with Crippen molar-refractivity contribution in [2.45, 2.75) is 44.7 Å². The number of urea groups is 1. The first kappa shape index (κ1) is 18.4. The second kappa shape index (κ2) is 7.97. The molecule has 9 heteroatoms. The predicted molar refractivity (Wildman–Crippen MR) is 105 cm³/mol. The highest BCUT2D eigenvalue weighted by Crippen LogP contribution is 2.22. The summed E-state index contributed by atoms with van der Waals surface area (Å²) < 4.78 is 1.86. The molecule has 4 rings (SSSR count). The van der Waals surface area contributed by atoms with E-state index in [0.717, 1.165) is 44.5 Å². The van der Waals surface area contributed by atoms with Crippen molar-refractivity contribution in [2.75, 3.05) is 23.7 Å². The number of nitrogens with zero attached hydrogens (tertiary/aromatic N) is 3. The van der Waals surface area contributed by atoms with Gasteiger partial charge in [0.25, 0.3) is 5.91 Å². The molecule has 1 saturated heterocycles. The van der Waals surface area contributed by atoms with Crippen LogP contribution in [0.15, 0.2) is 24.3 Å². The molecule has 148 valence electrons. The van der Waals surface area contributed by atoms with Crippen molar-refractivity contribution in [1.29, 1.82) is 0 Å². The van der Waals surface area contributed by atoms with Gasteiger partial charge in [-0.2, -0.15) is 0 Å². The zero-order valence-electron chi connectivity index (χ0n) is 15.9. The lowest BCUT2D eigenvalue weighted by atomic mass is 10.1. The van der Waals surface area contributed by atoms with Crippen LogP contribution in [0.3, 0.4) is 0 Å². The third kappa shape index (κ3) is 4.30. The minimum Gasteiger partial charge on any atom is -0.335 e. The van der Waals surface area contributed by atoms with Crippen molar-refractivity contribution in [2.24, 2.45) is 0 Å². The van der Waals surface area contributed by atoms with Crippen molar-refractivity contribution in [3.63, 3.8) is 0 Å². The maximum absolute atomic E-state index is 12.6. The largest absolute Gasteiger partial charge is 0.335 e. The van der Waals surface area contributed by atoms with Gasteiger partial charge in [-0.15, -0.1) is 5.10 Å². The summed E-state index contributed by atoms with van der Waals surface area (Å²) in [6.45, 7) is 3.78. The highest BCUT2D eigenvalue weighted by Gasteiger charge is 2.24. The lowest BCUT2D eigenvalue weighted by Crippen LogP contribution is -2.30. The van der Waals surface area contributed by atoms with E-state index in [0.29, 0.717) is 23.1 Å². The Hall–Kier alpha value is -2.94. The molecule has 0 radical (unpaired) electrons. The SMILES string of the molecule is Cc1c(C(=O)Nc2ccc(NC(=O)NC3CC3)cc2)nnn1C1CCNCC1. The van der Waals surface area contributed by atoms with Gasteiger partial charge in [-0.05, 0) is 70.0 Å². The number of anilines is 2. The lowest BCUT2D eigenvalue weighted by molar-refractivity contribution is 0.102. The van der Waals surface area contributed by atoms with Gasteiger partial charge in [0.1, 0.15) is 0 Å². The van der Waals surface area contributed by atoms with E-state index in [1.54, 1.807) is 24.3 Å². The Bertz CT molecular complexity index is 852. The molecule has 1 saturated carbocycles. The van der Waals surface area contributed by atoms with Crippen LogP contribution in [0.25, 0.3) is 0 Å². The third-order valence-electron chi connectivity index (χ3n) is 5.11. The van der Waals surface area contributed by atoms with Crippen LogP contribution >= 0.6 is 0 Å². The highest BCUT2D eigenvalue weighted by molar-refractivity contribution is 6.03. The van der Waals surface area contributed by atoms with E-state index in [2.05, 4.69) is 31.6 Å². The molecular formula is C19H25N7O2. The smallest absolute Gasteiger partial charge is 0.319 e. The molecule has 2 fully saturated rings. The van der Waals surface area contributed by atoms with Gasteiger partial charge in [0.15, 0.2) is 5.69 Å². The van der Waals surface area contributed by atoms with Gasteiger partial charge in [0, 0.05) is 17.4 Å². The Morgan fingerprint density at radius 2 is 1.68 bits per heavy atom. The molecule has 2 aromatic rings. The first-order valence-electron chi connectivity index (χ1n) is 9.71. The molecule has 3 amide bonds. The van der Waals surface area contributed by atoms with Crippen LogP contribution in [0.5, 0.6) is 0 Å². The summed E-state index contributed by atoms with van der Waals surface area (Å²) in [6.07, 6.45) is 4.04. The lowest BCUT2D eigenvalue weighted by Gasteiger charge is -2.23. The standard InChI is InChI=1S/C19H25N7O2/c1-12-17(24-25-26(12)16-8-10-20-11-9-16)18(27)21-13-2-4-14(5-3-13)22-19(28)23-15-6-7-15/h2-5,15-16,20H,6-11H2,1H3,(H,21,27)(H2,22,23,28). The number of hydrogen-bond acceptors (Lipinski definition) is 5. The van der Waals surface area contributed by atoms with Crippen molar-refractivity contribution in [1.82, 2.24) is 25.6 Å². The van der Waals surface area contributed by atoms with Gasteiger partial charge in [0.05, 0.1) is 11.7 Å². The number of piperidine rings is 1. The Morgan fingerprint density at radius 3 is 2.32 bits per heavy atom. The molecule has 0 spiro atoms. The number of amides is 3. The quantitative estimate of drug-likeness (QED) is 0.631.